The van der Waals surface area contributed by atoms with Gasteiger partial charge in [-0.3, -0.25) is 0 Å². The van der Waals surface area contributed by atoms with Crippen LogP contribution in [0.2, 0.25) is 0 Å². The number of hydrogen-bond acceptors (Lipinski definition) is 2. The Labute approximate surface area is 95.3 Å². The second kappa shape index (κ2) is 4.07. The maximum atomic E-state index is 12.4. The van der Waals surface area contributed by atoms with Gasteiger partial charge in [-0.05, 0) is 12.1 Å². The van der Waals surface area contributed by atoms with Crippen molar-refractivity contribution in [1.29, 1.82) is 0 Å². The van der Waals surface area contributed by atoms with Gasteiger partial charge in [-0.25, -0.2) is 4.79 Å². The first kappa shape index (κ1) is 14.1. The molecule has 0 unspecified atom stereocenters. The van der Waals surface area contributed by atoms with Gasteiger partial charge in [0.25, 0.3) is 0 Å². The predicted octanol–water partition coefficient (Wildman–Crippen LogP) is 3.13. The van der Waals surface area contributed by atoms with Crippen molar-refractivity contribution in [2.45, 2.75) is 12.4 Å². The summed E-state index contributed by atoms with van der Waals surface area (Å²) in [6.07, 6.45) is -10.3. The zero-order valence-corrected chi connectivity index (χ0v) is 8.23. The molecule has 3 nitrogen and oxygen atoms in total. The number of alkyl halides is 6. The molecule has 1 rings (SSSR count). The molecule has 1 aromatic carbocycles. The largest absolute Gasteiger partial charge is 0.507 e. The third-order valence-corrected chi connectivity index (χ3v) is 1.96. The SMILES string of the molecule is O=C(O)c1cc(C(F)(F)F)cc(O)c1C(F)(F)F. The number of aromatic carboxylic acids is 1. The number of benzene rings is 1. The fourth-order valence-electron chi connectivity index (χ4n) is 1.26. The average Bonchev–Trinajstić information content (AvgIpc) is 2.12. The topological polar surface area (TPSA) is 57.5 Å². The van der Waals surface area contributed by atoms with Gasteiger partial charge < -0.3 is 10.2 Å². The molecule has 9 heteroatoms. The maximum absolute atomic E-state index is 12.4. The van der Waals surface area contributed by atoms with Crippen LogP contribution in [-0.4, -0.2) is 16.2 Å². The van der Waals surface area contributed by atoms with E-state index in [1.807, 2.05) is 0 Å². The van der Waals surface area contributed by atoms with E-state index in [0.717, 1.165) is 0 Å². The van der Waals surface area contributed by atoms with Crippen LogP contribution in [0.3, 0.4) is 0 Å². The summed E-state index contributed by atoms with van der Waals surface area (Å²) in [7, 11) is 0. The first-order valence-electron chi connectivity index (χ1n) is 4.19. The molecular weight excluding hydrogens is 270 g/mol. The van der Waals surface area contributed by atoms with Gasteiger partial charge in [0.15, 0.2) is 0 Å². The Morgan fingerprint density at radius 3 is 1.83 bits per heavy atom. The van der Waals surface area contributed by atoms with E-state index >= 15 is 0 Å². The van der Waals surface area contributed by atoms with E-state index in [1.165, 1.54) is 0 Å². The quantitative estimate of drug-likeness (QED) is 0.773. The lowest BCUT2D eigenvalue weighted by atomic mass is 10.0. The molecule has 1 aromatic rings. The Kier molecular flexibility index (Phi) is 3.20. The van der Waals surface area contributed by atoms with Crippen LogP contribution in [0.15, 0.2) is 12.1 Å². The van der Waals surface area contributed by atoms with Crippen molar-refractivity contribution >= 4 is 5.97 Å². The summed E-state index contributed by atoms with van der Waals surface area (Å²) in [6.45, 7) is 0. The number of halogens is 6. The molecule has 0 aromatic heterocycles. The average molecular weight is 274 g/mol. The first-order valence-corrected chi connectivity index (χ1v) is 4.19. The van der Waals surface area contributed by atoms with Crippen LogP contribution in [0.5, 0.6) is 5.75 Å². The third-order valence-electron chi connectivity index (χ3n) is 1.96. The van der Waals surface area contributed by atoms with Crippen molar-refractivity contribution < 1.29 is 41.4 Å². The van der Waals surface area contributed by atoms with E-state index in [4.69, 9.17) is 10.2 Å². The Hall–Kier alpha value is -1.93. The van der Waals surface area contributed by atoms with Gasteiger partial charge in [-0.1, -0.05) is 0 Å². The predicted molar refractivity (Wildman–Crippen MR) is 45.1 cm³/mol. The number of phenols is 1. The molecule has 0 aliphatic heterocycles. The zero-order valence-electron chi connectivity index (χ0n) is 8.23. The van der Waals surface area contributed by atoms with Gasteiger partial charge in [0.05, 0.1) is 11.1 Å². The summed E-state index contributed by atoms with van der Waals surface area (Å²) in [4.78, 5) is 10.5. The van der Waals surface area contributed by atoms with Crippen molar-refractivity contribution in [2.24, 2.45) is 0 Å². The monoisotopic (exact) mass is 274 g/mol. The molecule has 0 spiro atoms. The van der Waals surface area contributed by atoms with Crippen molar-refractivity contribution in [3.05, 3.63) is 28.8 Å². The standard InChI is InChI=1S/C9H4F6O3/c10-8(11,12)3-1-4(7(17)18)6(5(16)2-3)9(13,14)15/h1-2,16H,(H,17,18). The van der Waals surface area contributed by atoms with Gasteiger partial charge in [-0.15, -0.1) is 0 Å². The Bertz CT molecular complexity index is 488. The molecule has 0 saturated carbocycles. The highest BCUT2D eigenvalue weighted by molar-refractivity contribution is 5.91. The fourth-order valence-corrected chi connectivity index (χ4v) is 1.26. The highest BCUT2D eigenvalue weighted by Gasteiger charge is 2.41. The van der Waals surface area contributed by atoms with E-state index in [1.54, 1.807) is 0 Å². The fraction of sp³-hybridized carbons (Fsp3) is 0.222. The highest BCUT2D eigenvalue weighted by Crippen LogP contribution is 2.42. The summed E-state index contributed by atoms with van der Waals surface area (Å²) >= 11 is 0. The lowest BCUT2D eigenvalue weighted by molar-refractivity contribution is -0.142. The number of carboxylic acids is 1. The Balaban J connectivity index is 3.62. The molecule has 0 saturated heterocycles. The van der Waals surface area contributed by atoms with Crippen LogP contribution in [0.4, 0.5) is 26.3 Å². The van der Waals surface area contributed by atoms with Crippen molar-refractivity contribution in [2.75, 3.05) is 0 Å². The molecule has 0 atom stereocenters. The highest BCUT2D eigenvalue weighted by atomic mass is 19.4. The molecule has 0 radical (unpaired) electrons. The molecule has 0 amide bonds. The first-order chi connectivity index (χ1) is 7.94. The lowest BCUT2D eigenvalue weighted by Gasteiger charge is -2.15. The van der Waals surface area contributed by atoms with Gasteiger partial charge in [0.2, 0.25) is 0 Å². The van der Waals surface area contributed by atoms with Gasteiger partial charge in [0.1, 0.15) is 11.3 Å². The second-order valence-electron chi connectivity index (χ2n) is 3.22. The van der Waals surface area contributed by atoms with E-state index in [9.17, 15) is 31.1 Å². The van der Waals surface area contributed by atoms with Crippen molar-refractivity contribution in [3.63, 3.8) is 0 Å². The van der Waals surface area contributed by atoms with Gasteiger partial charge in [0, 0.05) is 0 Å². The van der Waals surface area contributed by atoms with E-state index in [-0.39, 0.29) is 12.1 Å². The number of carbonyl (C=O) groups is 1. The normalized spacial score (nSPS) is 12.6. The smallest absolute Gasteiger partial charge is 0.420 e. The van der Waals surface area contributed by atoms with E-state index < -0.39 is 40.8 Å². The van der Waals surface area contributed by atoms with Crippen LogP contribution in [-0.2, 0) is 12.4 Å². The number of hydrogen-bond donors (Lipinski definition) is 2. The molecule has 0 heterocycles. The van der Waals surface area contributed by atoms with Crippen LogP contribution in [0.1, 0.15) is 21.5 Å². The molecule has 0 fully saturated rings. The summed E-state index contributed by atoms with van der Waals surface area (Å²) in [6, 6.07) is -0.347. The minimum absolute atomic E-state index is 0.171. The molecule has 2 N–H and O–H groups in total. The molecule has 100 valence electrons. The van der Waals surface area contributed by atoms with Crippen LogP contribution < -0.4 is 0 Å². The van der Waals surface area contributed by atoms with Gasteiger partial charge in [-0.2, -0.15) is 26.3 Å². The maximum Gasteiger partial charge on any atom is 0.420 e. The number of phenolic OH excluding ortho intramolecular Hbond substituents is 1. The Morgan fingerprint density at radius 2 is 1.50 bits per heavy atom. The van der Waals surface area contributed by atoms with E-state index in [2.05, 4.69) is 0 Å². The van der Waals surface area contributed by atoms with Gasteiger partial charge >= 0.3 is 18.3 Å². The van der Waals surface area contributed by atoms with Crippen LogP contribution in [0, 0.1) is 0 Å². The molecule has 0 bridgehead atoms. The minimum Gasteiger partial charge on any atom is -0.507 e. The zero-order chi connectivity index (χ0) is 14.3. The third kappa shape index (κ3) is 2.66. The number of carboxylic acid groups (broad SMARTS) is 1. The summed E-state index contributed by atoms with van der Waals surface area (Å²) in [5.41, 5.74) is -5.34. The summed E-state index contributed by atoms with van der Waals surface area (Å²) < 4.78 is 73.9. The minimum atomic E-state index is -5.28. The number of aromatic hydroxyl groups is 1. The second-order valence-corrected chi connectivity index (χ2v) is 3.22. The number of rotatable bonds is 1. The lowest BCUT2D eigenvalue weighted by Crippen LogP contribution is -2.16. The molecule has 0 aliphatic rings. The molecule has 0 aliphatic carbocycles. The van der Waals surface area contributed by atoms with Crippen molar-refractivity contribution in [1.82, 2.24) is 0 Å². The van der Waals surface area contributed by atoms with Crippen LogP contribution >= 0.6 is 0 Å². The summed E-state index contributed by atoms with van der Waals surface area (Å²) in [5, 5.41) is 17.4. The molecule has 18 heavy (non-hydrogen) atoms. The van der Waals surface area contributed by atoms with E-state index in [0.29, 0.717) is 0 Å². The molecular formula is C9H4F6O3. The van der Waals surface area contributed by atoms with Crippen LogP contribution in [0.25, 0.3) is 0 Å². The van der Waals surface area contributed by atoms with Crippen molar-refractivity contribution in [3.8, 4) is 5.75 Å². The Morgan fingerprint density at radius 1 is 1.00 bits per heavy atom. The summed E-state index contributed by atoms with van der Waals surface area (Å²) in [5.74, 6) is -4.00.